The first-order valence-electron chi connectivity index (χ1n) is 4.66. The van der Waals surface area contributed by atoms with E-state index in [1.165, 1.54) is 32.1 Å². The Morgan fingerprint density at radius 2 is 2.09 bits per heavy atom. The minimum absolute atomic E-state index is 0.673. The van der Waals surface area contributed by atoms with Crippen LogP contribution in [0, 0.1) is 0 Å². The van der Waals surface area contributed by atoms with Gasteiger partial charge in [0.25, 0.3) is 0 Å². The van der Waals surface area contributed by atoms with Crippen molar-refractivity contribution in [1.82, 2.24) is 0 Å². The van der Waals surface area contributed by atoms with Crippen molar-refractivity contribution in [2.75, 3.05) is 0 Å². The molecular weight excluding hydrogens is 137 g/mol. The minimum Gasteiger partial charge on any atom is -0.371 e. The molecule has 0 aromatic rings. The van der Waals surface area contributed by atoms with Crippen molar-refractivity contribution in [3.05, 3.63) is 0 Å². The molecule has 0 saturated carbocycles. The van der Waals surface area contributed by atoms with Gasteiger partial charge in [-0.25, -0.2) is 5.90 Å². The molecule has 3 heteroatoms. The fraction of sp³-hybridized carbons (Fsp3) is 1.00. The zero-order chi connectivity index (χ0) is 8.53. The van der Waals surface area contributed by atoms with Gasteiger partial charge in [0.1, 0.15) is 0 Å². The van der Waals surface area contributed by atoms with E-state index in [0.717, 1.165) is 7.48 Å². The summed E-state index contributed by atoms with van der Waals surface area (Å²) in [6.45, 7) is 4.41. The maximum absolute atomic E-state index is 5.01. The highest BCUT2D eigenvalue weighted by molar-refractivity contribution is 6.29. The van der Waals surface area contributed by atoms with Crippen LogP contribution in [0.3, 0.4) is 0 Å². The fourth-order valence-electron chi connectivity index (χ4n) is 1.22. The molecule has 0 aliphatic rings. The van der Waals surface area contributed by atoms with E-state index in [9.17, 15) is 0 Å². The molecule has 0 spiro atoms. The lowest BCUT2D eigenvalue weighted by atomic mass is 9.75. The third kappa shape index (κ3) is 6.39. The molecule has 1 unspecified atom stereocenters. The van der Waals surface area contributed by atoms with Gasteiger partial charge in [0.05, 0.1) is 0 Å². The SMILES string of the molecule is CCCCCC(BON)CC. The topological polar surface area (TPSA) is 35.2 Å². The van der Waals surface area contributed by atoms with Crippen molar-refractivity contribution in [2.24, 2.45) is 5.90 Å². The third-order valence-electron chi connectivity index (χ3n) is 2.13. The maximum atomic E-state index is 5.01. The molecule has 0 amide bonds. The summed E-state index contributed by atoms with van der Waals surface area (Å²) in [5, 5.41) is 0. The van der Waals surface area contributed by atoms with Gasteiger partial charge in [-0.1, -0.05) is 46.0 Å². The van der Waals surface area contributed by atoms with Crippen LogP contribution in [-0.4, -0.2) is 7.48 Å². The van der Waals surface area contributed by atoms with Crippen molar-refractivity contribution < 1.29 is 4.76 Å². The van der Waals surface area contributed by atoms with Gasteiger partial charge in [0.15, 0.2) is 0 Å². The Morgan fingerprint density at radius 1 is 1.36 bits per heavy atom. The first-order valence-corrected chi connectivity index (χ1v) is 4.66. The van der Waals surface area contributed by atoms with E-state index in [4.69, 9.17) is 5.90 Å². The lowest BCUT2D eigenvalue weighted by molar-refractivity contribution is 0.342. The molecular formula is C8H20BNO. The molecule has 0 bridgehead atoms. The second-order valence-corrected chi connectivity index (χ2v) is 3.10. The van der Waals surface area contributed by atoms with Gasteiger partial charge >= 0.3 is 7.48 Å². The van der Waals surface area contributed by atoms with Crippen LogP contribution in [-0.2, 0) is 4.76 Å². The van der Waals surface area contributed by atoms with E-state index in [2.05, 4.69) is 18.6 Å². The molecule has 66 valence electrons. The Morgan fingerprint density at radius 3 is 2.55 bits per heavy atom. The summed E-state index contributed by atoms with van der Waals surface area (Å²) in [6.07, 6.45) is 6.39. The molecule has 0 heterocycles. The minimum atomic E-state index is 0.673. The highest BCUT2D eigenvalue weighted by Gasteiger charge is 2.07. The van der Waals surface area contributed by atoms with E-state index < -0.39 is 0 Å². The van der Waals surface area contributed by atoms with E-state index >= 15 is 0 Å². The number of hydrogen-bond donors (Lipinski definition) is 1. The van der Waals surface area contributed by atoms with Crippen LogP contribution in [0.2, 0.25) is 5.82 Å². The summed E-state index contributed by atoms with van der Waals surface area (Å²) >= 11 is 0. The van der Waals surface area contributed by atoms with Crippen LogP contribution in [0.4, 0.5) is 0 Å². The molecule has 11 heavy (non-hydrogen) atoms. The predicted molar refractivity (Wildman–Crippen MR) is 50.6 cm³/mol. The monoisotopic (exact) mass is 157 g/mol. The molecule has 0 rings (SSSR count). The van der Waals surface area contributed by atoms with Gasteiger partial charge in [-0.3, -0.25) is 0 Å². The molecule has 2 N–H and O–H groups in total. The highest BCUT2D eigenvalue weighted by Crippen LogP contribution is 2.17. The number of rotatable bonds is 7. The molecule has 0 aliphatic heterocycles. The van der Waals surface area contributed by atoms with Crippen molar-refractivity contribution in [1.29, 1.82) is 0 Å². The van der Waals surface area contributed by atoms with E-state index in [1.807, 2.05) is 0 Å². The van der Waals surface area contributed by atoms with Gasteiger partial charge in [0.2, 0.25) is 0 Å². The van der Waals surface area contributed by atoms with Crippen molar-refractivity contribution >= 4 is 7.48 Å². The largest absolute Gasteiger partial charge is 0.371 e. The average Bonchev–Trinajstić information content (AvgIpc) is 2.03. The van der Waals surface area contributed by atoms with Gasteiger partial charge in [-0.2, -0.15) is 0 Å². The number of nitrogens with two attached hydrogens (primary N) is 1. The molecule has 0 fully saturated rings. The van der Waals surface area contributed by atoms with Gasteiger partial charge in [-0.15, -0.1) is 0 Å². The summed E-state index contributed by atoms with van der Waals surface area (Å²) in [5.74, 6) is 5.68. The van der Waals surface area contributed by atoms with Crippen molar-refractivity contribution in [3.8, 4) is 0 Å². The smallest absolute Gasteiger partial charge is 0.307 e. The summed E-state index contributed by atoms with van der Waals surface area (Å²) in [6, 6.07) is 0. The Kier molecular flexibility index (Phi) is 8.07. The van der Waals surface area contributed by atoms with Gasteiger partial charge in [0, 0.05) is 0 Å². The summed E-state index contributed by atoms with van der Waals surface area (Å²) < 4.78 is 4.63. The van der Waals surface area contributed by atoms with E-state index in [1.54, 1.807) is 0 Å². The van der Waals surface area contributed by atoms with Crippen LogP contribution in [0.5, 0.6) is 0 Å². The lowest BCUT2D eigenvalue weighted by Crippen LogP contribution is -2.11. The van der Waals surface area contributed by atoms with E-state index in [0.29, 0.717) is 5.82 Å². The molecule has 0 radical (unpaired) electrons. The van der Waals surface area contributed by atoms with Crippen LogP contribution in [0.1, 0.15) is 46.0 Å². The van der Waals surface area contributed by atoms with Gasteiger partial charge < -0.3 is 4.76 Å². The third-order valence-corrected chi connectivity index (χ3v) is 2.13. The van der Waals surface area contributed by atoms with Crippen LogP contribution < -0.4 is 5.90 Å². The highest BCUT2D eigenvalue weighted by atomic mass is 16.6. The standard InChI is InChI=1S/C8H20BNO/c1-3-5-6-7-8(4-2)9-11-10/h8-9H,3-7,10H2,1-2H3. The normalized spacial score (nSPS) is 13.0. The second kappa shape index (κ2) is 8.09. The summed E-state index contributed by atoms with van der Waals surface area (Å²) in [4.78, 5) is 0. The maximum Gasteiger partial charge on any atom is 0.307 e. The number of unbranched alkanes of at least 4 members (excludes halogenated alkanes) is 2. The van der Waals surface area contributed by atoms with Crippen LogP contribution >= 0.6 is 0 Å². The van der Waals surface area contributed by atoms with E-state index in [-0.39, 0.29) is 0 Å². The summed E-state index contributed by atoms with van der Waals surface area (Å²) in [5.41, 5.74) is 0. The zero-order valence-corrected chi connectivity index (χ0v) is 7.81. The molecule has 1 atom stereocenters. The predicted octanol–water partition coefficient (Wildman–Crippen LogP) is 2.01. The first-order chi connectivity index (χ1) is 5.35. The average molecular weight is 157 g/mol. The molecule has 0 aliphatic carbocycles. The second-order valence-electron chi connectivity index (χ2n) is 3.10. The molecule has 2 nitrogen and oxygen atoms in total. The molecule has 0 aromatic carbocycles. The Balaban J connectivity index is 3.20. The quantitative estimate of drug-likeness (QED) is 0.348. The Labute approximate surface area is 70.7 Å². The van der Waals surface area contributed by atoms with Crippen LogP contribution in [0.15, 0.2) is 0 Å². The Hall–Kier alpha value is -0.0151. The van der Waals surface area contributed by atoms with Gasteiger partial charge in [-0.05, 0) is 5.82 Å². The summed E-state index contributed by atoms with van der Waals surface area (Å²) in [7, 11) is 0.722. The van der Waals surface area contributed by atoms with Crippen LogP contribution in [0.25, 0.3) is 0 Å². The van der Waals surface area contributed by atoms with Crippen molar-refractivity contribution in [3.63, 3.8) is 0 Å². The Bertz CT molecular complexity index is 80.5. The fourth-order valence-corrected chi connectivity index (χ4v) is 1.22. The first kappa shape index (κ1) is 11.0. The van der Waals surface area contributed by atoms with Crippen molar-refractivity contribution in [2.45, 2.75) is 51.8 Å². The lowest BCUT2D eigenvalue weighted by Gasteiger charge is -2.10. The molecule has 0 aromatic heterocycles. The molecule has 0 saturated heterocycles. The zero-order valence-electron chi connectivity index (χ0n) is 7.81. The number of hydrogen-bond acceptors (Lipinski definition) is 2.